The van der Waals surface area contributed by atoms with Gasteiger partial charge in [-0.15, -0.1) is 0 Å². The van der Waals surface area contributed by atoms with Gasteiger partial charge in [0.1, 0.15) is 5.75 Å². The molecule has 0 radical (unpaired) electrons. The van der Waals surface area contributed by atoms with E-state index >= 15 is 0 Å². The molecule has 1 aromatic carbocycles. The van der Waals surface area contributed by atoms with Gasteiger partial charge < -0.3 is 19.9 Å². The van der Waals surface area contributed by atoms with Crippen molar-refractivity contribution >= 4 is 23.7 Å². The number of anilines is 2. The first-order valence-electron chi connectivity index (χ1n) is 8.05. The van der Waals surface area contributed by atoms with Crippen LogP contribution < -0.4 is 15.0 Å². The van der Waals surface area contributed by atoms with E-state index in [1.807, 2.05) is 18.2 Å². The van der Waals surface area contributed by atoms with Crippen LogP contribution >= 0.6 is 0 Å². The quantitative estimate of drug-likeness (QED) is 0.837. The average Bonchev–Trinajstić information content (AvgIpc) is 2.68. The van der Waals surface area contributed by atoms with Crippen molar-refractivity contribution in [2.24, 2.45) is 0 Å². The number of ether oxygens (including phenoxy) is 1. The van der Waals surface area contributed by atoms with Crippen LogP contribution in [0.3, 0.4) is 0 Å². The molecule has 0 atom stereocenters. The molecule has 2 amide bonds. The van der Waals surface area contributed by atoms with Gasteiger partial charge in [0.15, 0.2) is 0 Å². The van der Waals surface area contributed by atoms with Gasteiger partial charge in [0.2, 0.25) is 6.41 Å². The van der Waals surface area contributed by atoms with Gasteiger partial charge in [-0.1, -0.05) is 0 Å². The molecule has 0 unspecified atom stereocenters. The number of pyridine rings is 1. The summed E-state index contributed by atoms with van der Waals surface area (Å²) in [6.07, 6.45) is 4.02. The number of benzene rings is 1. The lowest BCUT2D eigenvalue weighted by molar-refractivity contribution is -0.118. The summed E-state index contributed by atoms with van der Waals surface area (Å²) < 4.78 is 5.36. The van der Waals surface area contributed by atoms with E-state index in [0.717, 1.165) is 25.2 Å². The highest BCUT2D eigenvalue weighted by Crippen LogP contribution is 2.30. The standard InChI is InChI=1S/C18H20N4O3/c1-25-17-5-4-15(22-9-7-21(13-23)8-10-22)11-16(17)20-18(24)14-3-2-6-19-12-14/h2-6,11-13H,7-10H2,1H3,(H,20,24). The predicted octanol–water partition coefficient (Wildman–Crippen LogP) is 1.62. The van der Waals surface area contributed by atoms with Gasteiger partial charge in [-0.2, -0.15) is 0 Å². The highest BCUT2D eigenvalue weighted by Gasteiger charge is 2.18. The van der Waals surface area contributed by atoms with Gasteiger partial charge in [-0.05, 0) is 30.3 Å². The van der Waals surface area contributed by atoms with Gasteiger partial charge in [-0.25, -0.2) is 0 Å². The number of methoxy groups -OCH3 is 1. The van der Waals surface area contributed by atoms with E-state index in [1.165, 1.54) is 6.20 Å². The summed E-state index contributed by atoms with van der Waals surface area (Å²) >= 11 is 0. The van der Waals surface area contributed by atoms with Gasteiger partial charge >= 0.3 is 0 Å². The fraction of sp³-hybridized carbons (Fsp3) is 0.278. The average molecular weight is 340 g/mol. The molecule has 1 aromatic heterocycles. The second kappa shape index (κ2) is 7.65. The minimum absolute atomic E-state index is 0.241. The zero-order valence-electron chi connectivity index (χ0n) is 14.0. The molecule has 0 aliphatic carbocycles. The Bertz CT molecular complexity index is 743. The summed E-state index contributed by atoms with van der Waals surface area (Å²) in [5, 5.41) is 2.88. The summed E-state index contributed by atoms with van der Waals surface area (Å²) in [5.41, 5.74) is 2.06. The molecule has 3 rings (SSSR count). The molecule has 130 valence electrons. The molecule has 7 nitrogen and oxygen atoms in total. The van der Waals surface area contributed by atoms with Crippen LogP contribution in [0.25, 0.3) is 0 Å². The van der Waals surface area contributed by atoms with Crippen molar-refractivity contribution in [1.82, 2.24) is 9.88 Å². The van der Waals surface area contributed by atoms with Crippen molar-refractivity contribution in [1.29, 1.82) is 0 Å². The van der Waals surface area contributed by atoms with E-state index in [2.05, 4.69) is 15.2 Å². The van der Waals surface area contributed by atoms with Crippen LogP contribution in [0.15, 0.2) is 42.7 Å². The number of amides is 2. The summed E-state index contributed by atoms with van der Waals surface area (Å²) in [6.45, 7) is 2.88. The fourth-order valence-electron chi connectivity index (χ4n) is 2.77. The van der Waals surface area contributed by atoms with Crippen molar-refractivity contribution < 1.29 is 14.3 Å². The third-order valence-corrected chi connectivity index (χ3v) is 4.18. The monoisotopic (exact) mass is 340 g/mol. The third-order valence-electron chi connectivity index (χ3n) is 4.18. The molecule has 2 heterocycles. The number of nitrogens with one attached hydrogen (secondary N) is 1. The maximum Gasteiger partial charge on any atom is 0.257 e. The highest BCUT2D eigenvalue weighted by molar-refractivity contribution is 6.05. The second-order valence-corrected chi connectivity index (χ2v) is 5.71. The number of carbonyl (C=O) groups excluding carboxylic acids is 2. The largest absolute Gasteiger partial charge is 0.495 e. The summed E-state index contributed by atoms with van der Waals surface area (Å²) in [6, 6.07) is 9.10. The molecule has 0 spiro atoms. The van der Waals surface area contributed by atoms with Crippen LogP contribution in [0, 0.1) is 0 Å². The lowest BCUT2D eigenvalue weighted by Gasteiger charge is -2.34. The first-order chi connectivity index (χ1) is 12.2. The van der Waals surface area contributed by atoms with E-state index in [4.69, 9.17) is 4.74 Å². The number of piperazine rings is 1. The smallest absolute Gasteiger partial charge is 0.257 e. The van der Waals surface area contributed by atoms with E-state index < -0.39 is 0 Å². The molecule has 1 aliphatic rings. The van der Waals surface area contributed by atoms with Crippen LogP contribution in [0.5, 0.6) is 5.75 Å². The molecule has 7 heteroatoms. The Hall–Kier alpha value is -3.09. The summed E-state index contributed by atoms with van der Waals surface area (Å²) in [4.78, 5) is 31.1. The Morgan fingerprint density at radius 1 is 1.24 bits per heavy atom. The lowest BCUT2D eigenvalue weighted by atomic mass is 10.2. The molecule has 1 N–H and O–H groups in total. The minimum atomic E-state index is -0.241. The van der Waals surface area contributed by atoms with Crippen molar-refractivity contribution in [3.63, 3.8) is 0 Å². The Labute approximate surface area is 146 Å². The predicted molar refractivity (Wildman–Crippen MR) is 95.0 cm³/mol. The normalized spacial score (nSPS) is 14.1. The highest BCUT2D eigenvalue weighted by atomic mass is 16.5. The van der Waals surface area contributed by atoms with Crippen molar-refractivity contribution in [2.45, 2.75) is 0 Å². The first kappa shape index (κ1) is 16.8. The number of hydrogen-bond donors (Lipinski definition) is 1. The Morgan fingerprint density at radius 2 is 2.04 bits per heavy atom. The maximum atomic E-state index is 12.4. The molecular formula is C18H20N4O3. The zero-order valence-corrected chi connectivity index (χ0v) is 14.0. The van der Waals surface area contributed by atoms with E-state index in [0.29, 0.717) is 30.1 Å². The van der Waals surface area contributed by atoms with Crippen molar-refractivity contribution in [3.8, 4) is 5.75 Å². The van der Waals surface area contributed by atoms with Gasteiger partial charge in [0, 0.05) is 44.3 Å². The molecule has 2 aromatic rings. The zero-order chi connectivity index (χ0) is 17.6. The van der Waals surface area contributed by atoms with Crippen LogP contribution in [-0.4, -0.2) is 55.5 Å². The molecule has 25 heavy (non-hydrogen) atoms. The van der Waals surface area contributed by atoms with E-state index in [1.54, 1.807) is 30.3 Å². The Balaban J connectivity index is 1.78. The molecule has 0 saturated carbocycles. The van der Waals surface area contributed by atoms with Crippen LogP contribution in [-0.2, 0) is 4.79 Å². The van der Waals surface area contributed by atoms with Crippen molar-refractivity contribution in [2.75, 3.05) is 43.5 Å². The third kappa shape index (κ3) is 3.88. The van der Waals surface area contributed by atoms with Gasteiger partial charge in [-0.3, -0.25) is 14.6 Å². The Morgan fingerprint density at radius 3 is 2.68 bits per heavy atom. The SMILES string of the molecule is COc1ccc(N2CCN(C=O)CC2)cc1NC(=O)c1cccnc1. The molecule has 1 aliphatic heterocycles. The number of rotatable bonds is 5. The van der Waals surface area contributed by atoms with Crippen molar-refractivity contribution in [3.05, 3.63) is 48.3 Å². The van der Waals surface area contributed by atoms with Crippen LogP contribution in [0.1, 0.15) is 10.4 Å². The molecule has 0 bridgehead atoms. The lowest BCUT2D eigenvalue weighted by Crippen LogP contribution is -2.45. The minimum Gasteiger partial charge on any atom is -0.495 e. The number of nitrogens with zero attached hydrogens (tertiary/aromatic N) is 3. The second-order valence-electron chi connectivity index (χ2n) is 5.71. The number of aromatic nitrogens is 1. The number of hydrogen-bond acceptors (Lipinski definition) is 5. The summed E-state index contributed by atoms with van der Waals surface area (Å²) in [5.74, 6) is 0.349. The van der Waals surface area contributed by atoms with Gasteiger partial charge in [0.05, 0.1) is 18.4 Å². The summed E-state index contributed by atoms with van der Waals surface area (Å²) in [7, 11) is 1.57. The first-order valence-corrected chi connectivity index (χ1v) is 8.05. The van der Waals surface area contributed by atoms with Gasteiger partial charge in [0.25, 0.3) is 5.91 Å². The molecule has 1 fully saturated rings. The van der Waals surface area contributed by atoms with Crippen LogP contribution in [0.4, 0.5) is 11.4 Å². The molecular weight excluding hydrogens is 320 g/mol. The van der Waals surface area contributed by atoms with Crippen LogP contribution in [0.2, 0.25) is 0 Å². The number of carbonyl (C=O) groups is 2. The fourth-order valence-corrected chi connectivity index (χ4v) is 2.77. The maximum absolute atomic E-state index is 12.4. The Kier molecular flexibility index (Phi) is 5.13. The molecule has 1 saturated heterocycles. The van der Waals surface area contributed by atoms with E-state index in [-0.39, 0.29) is 5.91 Å². The topological polar surface area (TPSA) is 74.8 Å². The van der Waals surface area contributed by atoms with E-state index in [9.17, 15) is 9.59 Å².